The van der Waals surface area contributed by atoms with Crippen molar-refractivity contribution in [1.82, 2.24) is 0 Å². The molecule has 0 unspecified atom stereocenters. The molecule has 0 amide bonds. The normalized spacial score (nSPS) is 11.6. The van der Waals surface area contributed by atoms with Crippen LogP contribution in [0.2, 0.25) is 0 Å². The van der Waals surface area contributed by atoms with E-state index in [0.29, 0.717) is 22.7 Å². The van der Waals surface area contributed by atoms with Crippen LogP contribution in [0.1, 0.15) is 16.0 Å². The Morgan fingerprint density at radius 2 is 2.14 bits per heavy atom. The fourth-order valence-corrected chi connectivity index (χ4v) is 4.77. The lowest BCUT2D eigenvalue weighted by molar-refractivity contribution is 0.185. The fourth-order valence-electron chi connectivity index (χ4n) is 2.05. The number of nitrogens with one attached hydrogen (secondary N) is 1. The van der Waals surface area contributed by atoms with Crippen LogP contribution in [0.15, 0.2) is 34.5 Å². The van der Waals surface area contributed by atoms with Crippen LogP contribution in [0, 0.1) is 6.92 Å². The van der Waals surface area contributed by atoms with Crippen LogP contribution in [-0.2, 0) is 28.0 Å². The number of aliphatic hydroxyl groups is 1. The summed E-state index contributed by atoms with van der Waals surface area (Å²) in [4.78, 5) is 0.597. The number of hydrogen-bond donors (Lipinski definition) is 2. The van der Waals surface area contributed by atoms with Gasteiger partial charge in [-0.3, -0.25) is 4.72 Å². The first-order chi connectivity index (χ1) is 9.97. The van der Waals surface area contributed by atoms with E-state index in [1.54, 1.807) is 37.6 Å². The van der Waals surface area contributed by atoms with Crippen molar-refractivity contribution in [3.8, 4) is 0 Å². The summed E-state index contributed by atoms with van der Waals surface area (Å²) in [6.07, 6.45) is 0. The maximum atomic E-state index is 12.5. The zero-order valence-corrected chi connectivity index (χ0v) is 13.4. The minimum absolute atomic E-state index is 0.159. The molecule has 114 valence electrons. The van der Waals surface area contributed by atoms with Gasteiger partial charge in [-0.15, -0.1) is 11.3 Å². The Kier molecular flexibility index (Phi) is 5.00. The smallest absolute Gasteiger partial charge is 0.263 e. The molecule has 2 aromatic rings. The van der Waals surface area contributed by atoms with Gasteiger partial charge in [-0.25, -0.2) is 8.42 Å². The Hall–Kier alpha value is -1.41. The maximum absolute atomic E-state index is 12.5. The summed E-state index contributed by atoms with van der Waals surface area (Å²) in [6, 6.07) is 7.02. The molecule has 7 heteroatoms. The highest BCUT2D eigenvalue weighted by atomic mass is 32.2. The van der Waals surface area contributed by atoms with Crippen LogP contribution in [0.25, 0.3) is 0 Å². The van der Waals surface area contributed by atoms with E-state index < -0.39 is 10.0 Å². The van der Waals surface area contributed by atoms with E-state index in [-0.39, 0.29) is 11.5 Å². The monoisotopic (exact) mass is 327 g/mol. The third kappa shape index (κ3) is 3.62. The molecule has 1 aromatic carbocycles. The number of benzene rings is 1. The lowest BCUT2D eigenvalue weighted by atomic mass is 10.2. The number of methoxy groups -OCH3 is 1. The Morgan fingerprint density at radius 3 is 2.81 bits per heavy atom. The number of ether oxygens (including phenoxy) is 1. The van der Waals surface area contributed by atoms with Crippen LogP contribution >= 0.6 is 11.3 Å². The van der Waals surface area contributed by atoms with Gasteiger partial charge in [0.05, 0.1) is 18.1 Å². The van der Waals surface area contributed by atoms with E-state index in [0.717, 1.165) is 5.56 Å². The number of hydrogen-bond acceptors (Lipinski definition) is 5. The maximum Gasteiger partial charge on any atom is 0.263 e. The topological polar surface area (TPSA) is 75.6 Å². The van der Waals surface area contributed by atoms with E-state index in [1.165, 1.54) is 11.3 Å². The molecule has 0 aliphatic heterocycles. The third-order valence-electron chi connectivity index (χ3n) is 2.89. The van der Waals surface area contributed by atoms with Gasteiger partial charge in [-0.1, -0.05) is 12.1 Å². The Bertz CT molecular complexity index is 722. The first-order valence-electron chi connectivity index (χ1n) is 6.26. The van der Waals surface area contributed by atoms with Gasteiger partial charge < -0.3 is 9.84 Å². The predicted molar refractivity (Wildman–Crippen MR) is 82.9 cm³/mol. The molecule has 0 bridgehead atoms. The second kappa shape index (κ2) is 6.57. The van der Waals surface area contributed by atoms with Crippen molar-refractivity contribution in [3.05, 3.63) is 45.6 Å². The molecule has 21 heavy (non-hydrogen) atoms. The summed E-state index contributed by atoms with van der Waals surface area (Å²) >= 11 is 1.24. The molecule has 0 aliphatic rings. The quantitative estimate of drug-likeness (QED) is 0.855. The highest BCUT2D eigenvalue weighted by Crippen LogP contribution is 2.28. The Labute approximate surface area is 128 Å². The van der Waals surface area contributed by atoms with E-state index in [4.69, 9.17) is 4.74 Å². The van der Waals surface area contributed by atoms with Crippen LogP contribution < -0.4 is 4.72 Å². The number of anilines is 1. The zero-order valence-electron chi connectivity index (χ0n) is 11.8. The van der Waals surface area contributed by atoms with Crippen molar-refractivity contribution in [2.24, 2.45) is 0 Å². The summed E-state index contributed by atoms with van der Waals surface area (Å²) in [5, 5.41) is 11.0. The van der Waals surface area contributed by atoms with Crippen molar-refractivity contribution in [2.75, 3.05) is 11.8 Å². The molecule has 0 radical (unpaired) electrons. The number of sulfonamides is 1. The molecule has 0 spiro atoms. The van der Waals surface area contributed by atoms with Gasteiger partial charge in [0.1, 0.15) is 4.90 Å². The molecule has 2 N–H and O–H groups in total. The lowest BCUT2D eigenvalue weighted by Gasteiger charge is -2.10. The first kappa shape index (κ1) is 16.0. The van der Waals surface area contributed by atoms with Gasteiger partial charge in [0, 0.05) is 12.8 Å². The molecular weight excluding hydrogens is 310 g/mol. The third-order valence-corrected chi connectivity index (χ3v) is 5.72. The number of aryl methyl sites for hydroxylation is 1. The minimum Gasteiger partial charge on any atom is -0.391 e. The zero-order chi connectivity index (χ0) is 15.5. The van der Waals surface area contributed by atoms with Gasteiger partial charge in [0.25, 0.3) is 10.0 Å². The van der Waals surface area contributed by atoms with Crippen molar-refractivity contribution in [1.29, 1.82) is 0 Å². The summed E-state index contributed by atoms with van der Waals surface area (Å²) < 4.78 is 32.6. The molecule has 5 nitrogen and oxygen atoms in total. The number of rotatable bonds is 6. The van der Waals surface area contributed by atoms with E-state index in [9.17, 15) is 13.5 Å². The van der Waals surface area contributed by atoms with Crippen molar-refractivity contribution >= 4 is 27.0 Å². The van der Waals surface area contributed by atoms with Crippen LogP contribution in [0.5, 0.6) is 0 Å². The van der Waals surface area contributed by atoms with Gasteiger partial charge in [0.2, 0.25) is 0 Å². The SMILES string of the molecule is COCc1cccc(NS(=O)(=O)c2c(C)csc2CO)c1. The highest BCUT2D eigenvalue weighted by Gasteiger charge is 2.22. The van der Waals surface area contributed by atoms with Crippen molar-refractivity contribution < 1.29 is 18.3 Å². The summed E-state index contributed by atoms with van der Waals surface area (Å²) in [6.45, 7) is 1.83. The molecule has 0 saturated heterocycles. The van der Waals surface area contributed by atoms with Gasteiger partial charge >= 0.3 is 0 Å². The number of thiophene rings is 1. The molecule has 0 fully saturated rings. The van der Waals surface area contributed by atoms with Gasteiger partial charge in [0.15, 0.2) is 0 Å². The summed E-state index contributed by atoms with van der Waals surface area (Å²) in [5.41, 5.74) is 1.98. The van der Waals surface area contributed by atoms with Crippen molar-refractivity contribution in [2.45, 2.75) is 25.0 Å². The van der Waals surface area contributed by atoms with Crippen LogP contribution in [0.4, 0.5) is 5.69 Å². The Balaban J connectivity index is 2.33. The second-order valence-corrected chi connectivity index (χ2v) is 7.15. The van der Waals surface area contributed by atoms with E-state index >= 15 is 0 Å². The van der Waals surface area contributed by atoms with Crippen molar-refractivity contribution in [3.63, 3.8) is 0 Å². The molecule has 1 aromatic heterocycles. The average molecular weight is 327 g/mol. The molecule has 0 saturated carbocycles. The molecule has 0 aliphatic carbocycles. The minimum atomic E-state index is -3.72. The van der Waals surface area contributed by atoms with Gasteiger partial charge in [-0.2, -0.15) is 0 Å². The molecule has 1 heterocycles. The standard InChI is InChI=1S/C14H17NO4S2/c1-10-9-20-13(7-16)14(10)21(17,18)15-12-5-3-4-11(6-12)8-19-2/h3-6,9,15-16H,7-8H2,1-2H3. The second-order valence-electron chi connectivity index (χ2n) is 4.57. The average Bonchev–Trinajstić information content (AvgIpc) is 2.81. The molecule has 0 atom stereocenters. The largest absolute Gasteiger partial charge is 0.391 e. The van der Waals surface area contributed by atoms with E-state index in [1.807, 2.05) is 6.07 Å². The van der Waals surface area contributed by atoms with Crippen LogP contribution in [0.3, 0.4) is 0 Å². The highest BCUT2D eigenvalue weighted by molar-refractivity contribution is 7.93. The number of aliphatic hydroxyl groups excluding tert-OH is 1. The van der Waals surface area contributed by atoms with E-state index in [2.05, 4.69) is 4.72 Å². The Morgan fingerprint density at radius 1 is 1.38 bits per heavy atom. The summed E-state index contributed by atoms with van der Waals surface area (Å²) in [7, 11) is -2.13. The predicted octanol–water partition coefficient (Wildman–Crippen LogP) is 2.50. The fraction of sp³-hybridized carbons (Fsp3) is 0.286. The first-order valence-corrected chi connectivity index (χ1v) is 8.62. The summed E-state index contributed by atoms with van der Waals surface area (Å²) in [5.74, 6) is 0. The lowest BCUT2D eigenvalue weighted by Crippen LogP contribution is -2.15. The van der Waals surface area contributed by atoms with Crippen LogP contribution in [-0.4, -0.2) is 20.6 Å². The van der Waals surface area contributed by atoms with Gasteiger partial charge in [-0.05, 0) is 35.6 Å². The molecule has 2 rings (SSSR count). The molecular formula is C14H17NO4S2.